The largest absolute Gasteiger partial charge is 0.456 e. The number of nitrogens with zero attached hydrogens (tertiary/aromatic N) is 1. The normalized spacial score (nSPS) is 15.7. The summed E-state index contributed by atoms with van der Waals surface area (Å²) in [6, 6.07) is 69.4. The standard InChI is InChI=1S/C57H47NO/c1-55(2)33-34-56(3,4)50-37-53-46(36-49(50)55)54-51(25-16-26-52(54)59-53)58(42-29-27-39(28-30-42)38-17-8-5-9-18-38)43-31-32-45-44-23-14-15-24-47(44)57(48(45)35-43,40-19-10-6-11-20-40)41-21-12-7-13-22-41/h5-32,35-37H,33-34H2,1-4H3. The van der Waals surface area contributed by atoms with Crippen molar-refractivity contribution < 1.29 is 4.42 Å². The zero-order chi connectivity index (χ0) is 39.9. The molecule has 9 aromatic rings. The lowest BCUT2D eigenvalue weighted by atomic mass is 9.63. The van der Waals surface area contributed by atoms with Gasteiger partial charge in [0.25, 0.3) is 0 Å². The first-order valence-corrected chi connectivity index (χ1v) is 21.1. The van der Waals surface area contributed by atoms with Gasteiger partial charge in [-0.1, -0.05) is 167 Å². The van der Waals surface area contributed by atoms with Gasteiger partial charge >= 0.3 is 0 Å². The molecule has 0 saturated carbocycles. The number of hydrogen-bond acceptors (Lipinski definition) is 2. The van der Waals surface area contributed by atoms with Crippen LogP contribution in [0.4, 0.5) is 17.1 Å². The predicted octanol–water partition coefficient (Wildman–Crippen LogP) is 15.4. The van der Waals surface area contributed by atoms with E-state index in [9.17, 15) is 0 Å². The Bertz CT molecular complexity index is 2990. The van der Waals surface area contributed by atoms with Gasteiger partial charge in [-0.2, -0.15) is 0 Å². The molecule has 2 heteroatoms. The van der Waals surface area contributed by atoms with E-state index in [-0.39, 0.29) is 10.8 Å². The highest BCUT2D eigenvalue weighted by Crippen LogP contribution is 2.58. The summed E-state index contributed by atoms with van der Waals surface area (Å²) in [6.07, 6.45) is 2.31. The van der Waals surface area contributed by atoms with Gasteiger partial charge in [0.15, 0.2) is 0 Å². The van der Waals surface area contributed by atoms with Crippen LogP contribution in [0.5, 0.6) is 0 Å². The molecule has 0 spiro atoms. The number of furan rings is 1. The molecule has 2 aliphatic rings. The topological polar surface area (TPSA) is 16.4 Å². The lowest BCUT2D eigenvalue weighted by molar-refractivity contribution is 0.332. The van der Waals surface area contributed by atoms with E-state index >= 15 is 0 Å². The molecule has 11 rings (SSSR count). The minimum Gasteiger partial charge on any atom is -0.456 e. The summed E-state index contributed by atoms with van der Waals surface area (Å²) in [4.78, 5) is 2.46. The van der Waals surface area contributed by atoms with Crippen LogP contribution in [0.2, 0.25) is 0 Å². The highest BCUT2D eigenvalue weighted by molar-refractivity contribution is 6.14. The number of hydrogen-bond donors (Lipinski definition) is 0. The molecule has 1 aromatic heterocycles. The average Bonchev–Trinajstić information content (AvgIpc) is 3.80. The van der Waals surface area contributed by atoms with Crippen LogP contribution in [0.1, 0.15) is 73.9 Å². The van der Waals surface area contributed by atoms with E-state index in [1.165, 1.54) is 61.0 Å². The van der Waals surface area contributed by atoms with E-state index in [2.05, 4.69) is 221 Å². The summed E-state index contributed by atoms with van der Waals surface area (Å²) in [7, 11) is 0. The second-order valence-corrected chi connectivity index (χ2v) is 17.9. The predicted molar refractivity (Wildman–Crippen MR) is 246 cm³/mol. The Labute approximate surface area is 347 Å². The molecule has 0 aliphatic heterocycles. The van der Waals surface area contributed by atoms with Crippen LogP contribution in [-0.2, 0) is 16.2 Å². The number of fused-ring (bicyclic) bond motifs is 7. The van der Waals surface area contributed by atoms with Crippen molar-refractivity contribution >= 4 is 39.0 Å². The first-order valence-electron chi connectivity index (χ1n) is 21.1. The molecule has 0 saturated heterocycles. The van der Waals surface area contributed by atoms with Crippen molar-refractivity contribution in [2.75, 3.05) is 4.90 Å². The van der Waals surface area contributed by atoms with Gasteiger partial charge in [-0.05, 0) is 128 Å². The Hall–Kier alpha value is -6.64. The van der Waals surface area contributed by atoms with Crippen LogP contribution < -0.4 is 4.90 Å². The fourth-order valence-electron chi connectivity index (χ4n) is 10.5. The van der Waals surface area contributed by atoms with Gasteiger partial charge in [-0.25, -0.2) is 0 Å². The summed E-state index contributed by atoms with van der Waals surface area (Å²) in [5.74, 6) is 0. The van der Waals surface area contributed by atoms with Crippen LogP contribution in [-0.4, -0.2) is 0 Å². The van der Waals surface area contributed by atoms with Crippen LogP contribution in [0, 0.1) is 0 Å². The maximum absolute atomic E-state index is 6.86. The smallest absolute Gasteiger partial charge is 0.137 e. The van der Waals surface area contributed by atoms with Crippen molar-refractivity contribution in [1.29, 1.82) is 0 Å². The molecule has 0 bridgehead atoms. The molecule has 0 unspecified atom stereocenters. The maximum atomic E-state index is 6.86. The first kappa shape index (κ1) is 35.5. The van der Waals surface area contributed by atoms with Crippen LogP contribution >= 0.6 is 0 Å². The van der Waals surface area contributed by atoms with E-state index in [1.807, 2.05) is 0 Å². The molecular formula is C57H47NO. The summed E-state index contributed by atoms with van der Waals surface area (Å²) in [6.45, 7) is 9.59. The lowest BCUT2D eigenvalue weighted by Crippen LogP contribution is -2.33. The van der Waals surface area contributed by atoms with Gasteiger partial charge in [-0.15, -0.1) is 0 Å². The van der Waals surface area contributed by atoms with Crippen molar-refractivity contribution in [2.45, 2.75) is 56.8 Å². The van der Waals surface area contributed by atoms with E-state index in [1.54, 1.807) is 0 Å². The third-order valence-electron chi connectivity index (χ3n) is 13.6. The van der Waals surface area contributed by atoms with Gasteiger partial charge in [0, 0.05) is 16.8 Å². The van der Waals surface area contributed by atoms with Crippen molar-refractivity contribution in [1.82, 2.24) is 0 Å². The third kappa shape index (κ3) is 5.39. The monoisotopic (exact) mass is 761 g/mol. The average molecular weight is 762 g/mol. The van der Waals surface area contributed by atoms with Gasteiger partial charge in [-0.3, -0.25) is 0 Å². The molecular weight excluding hydrogens is 715 g/mol. The molecule has 0 amide bonds. The molecule has 0 atom stereocenters. The molecule has 59 heavy (non-hydrogen) atoms. The van der Waals surface area contributed by atoms with Gasteiger partial charge < -0.3 is 9.32 Å². The molecule has 0 fully saturated rings. The molecule has 1 heterocycles. The van der Waals surface area contributed by atoms with Crippen molar-refractivity contribution in [3.63, 3.8) is 0 Å². The SMILES string of the molecule is CC1(C)CCC(C)(C)c2cc3c(cc21)oc1cccc(N(c2ccc(-c4ccccc4)cc2)c2ccc4c(c2)C(c2ccccc2)(c2ccccc2)c2ccccc2-4)c13. The van der Waals surface area contributed by atoms with Crippen molar-refractivity contribution in [3.8, 4) is 22.3 Å². The fourth-order valence-corrected chi connectivity index (χ4v) is 10.5. The Kier molecular flexibility index (Phi) is 7.94. The Morgan fingerprint density at radius 2 is 0.983 bits per heavy atom. The van der Waals surface area contributed by atoms with Crippen molar-refractivity contribution in [3.05, 3.63) is 221 Å². The van der Waals surface area contributed by atoms with Gasteiger partial charge in [0.1, 0.15) is 11.2 Å². The number of benzene rings is 8. The Morgan fingerprint density at radius 1 is 0.424 bits per heavy atom. The highest BCUT2D eigenvalue weighted by atomic mass is 16.3. The van der Waals surface area contributed by atoms with Crippen molar-refractivity contribution in [2.24, 2.45) is 0 Å². The first-order chi connectivity index (χ1) is 28.7. The minimum absolute atomic E-state index is 0.0672. The van der Waals surface area contributed by atoms with E-state index in [4.69, 9.17) is 4.42 Å². The zero-order valence-corrected chi connectivity index (χ0v) is 34.2. The zero-order valence-electron chi connectivity index (χ0n) is 34.2. The second kappa shape index (κ2) is 13.2. The van der Waals surface area contributed by atoms with E-state index in [0.717, 1.165) is 46.5 Å². The third-order valence-corrected chi connectivity index (χ3v) is 13.6. The summed E-state index contributed by atoms with van der Waals surface area (Å²) >= 11 is 0. The van der Waals surface area contributed by atoms with Gasteiger partial charge in [0.2, 0.25) is 0 Å². The van der Waals surface area contributed by atoms with Crippen LogP contribution in [0.25, 0.3) is 44.2 Å². The fraction of sp³-hybridized carbons (Fsp3) is 0.158. The molecule has 0 N–H and O–H groups in total. The second-order valence-electron chi connectivity index (χ2n) is 17.9. The van der Waals surface area contributed by atoms with Crippen LogP contribution in [0.15, 0.2) is 192 Å². The summed E-state index contributed by atoms with van der Waals surface area (Å²) in [5, 5.41) is 2.31. The number of anilines is 3. The maximum Gasteiger partial charge on any atom is 0.137 e. The molecule has 8 aromatic carbocycles. The Morgan fingerprint density at radius 3 is 1.66 bits per heavy atom. The minimum atomic E-state index is -0.515. The Balaban J connectivity index is 1.19. The molecule has 286 valence electrons. The lowest BCUT2D eigenvalue weighted by Gasteiger charge is -2.41. The van der Waals surface area contributed by atoms with E-state index < -0.39 is 5.41 Å². The highest BCUT2D eigenvalue weighted by Gasteiger charge is 2.46. The molecule has 0 radical (unpaired) electrons. The molecule has 2 aliphatic carbocycles. The molecule has 2 nitrogen and oxygen atoms in total. The summed E-state index contributed by atoms with van der Waals surface area (Å²) < 4.78 is 6.86. The summed E-state index contributed by atoms with van der Waals surface area (Å²) in [5.41, 5.74) is 17.6. The van der Waals surface area contributed by atoms with Gasteiger partial charge in [0.05, 0.1) is 16.5 Å². The van der Waals surface area contributed by atoms with E-state index in [0.29, 0.717) is 0 Å². The van der Waals surface area contributed by atoms with Crippen LogP contribution in [0.3, 0.4) is 0 Å². The quantitative estimate of drug-likeness (QED) is 0.168. The number of rotatable bonds is 6.